The van der Waals surface area contributed by atoms with E-state index in [1.807, 2.05) is 0 Å². The molecule has 2 nitrogen and oxygen atoms in total. The van der Waals surface area contributed by atoms with E-state index in [0.717, 1.165) is 0 Å². The molecule has 0 bridgehead atoms. The van der Waals surface area contributed by atoms with E-state index in [0.29, 0.717) is 6.61 Å². The second-order valence-electron chi connectivity index (χ2n) is 1.04. The molecule has 0 aliphatic rings. The lowest BCUT2D eigenvalue weighted by Gasteiger charge is -1.93. The zero-order valence-corrected chi connectivity index (χ0v) is 4.60. The van der Waals surface area contributed by atoms with Gasteiger partial charge < -0.3 is 4.74 Å². The van der Waals surface area contributed by atoms with Crippen LogP contribution in [0.1, 0.15) is 21.6 Å². The Morgan fingerprint density at radius 1 is 1.86 bits per heavy atom. The van der Waals surface area contributed by atoms with Gasteiger partial charge in [0, 0.05) is 7.77 Å². The summed E-state index contributed by atoms with van der Waals surface area (Å²) in [6.45, 7) is 3.57. The van der Waals surface area contributed by atoms with Gasteiger partial charge in [-0.2, -0.15) is 0 Å². The molecule has 1 atom stereocenters. The van der Waals surface area contributed by atoms with Crippen LogP contribution in [0.2, 0.25) is 0 Å². The Bertz CT molecular complexity index is 80.5. The number of ether oxygens (including phenoxy) is 1. The van der Waals surface area contributed by atoms with Gasteiger partial charge in [-0.15, -0.1) is 0 Å². The van der Waals surface area contributed by atoms with Crippen molar-refractivity contribution in [3.8, 4) is 0 Å². The second kappa shape index (κ2) is 3.65. The molecule has 0 aliphatic heterocycles. The van der Waals surface area contributed by atoms with Crippen molar-refractivity contribution in [3.63, 3.8) is 0 Å². The number of hydrogen-bond donors (Lipinski definition) is 0. The van der Waals surface area contributed by atoms with Gasteiger partial charge in [-0.25, -0.2) is 0 Å². The second-order valence-corrected chi connectivity index (χ2v) is 1.04. The summed E-state index contributed by atoms with van der Waals surface area (Å²) in [5.74, 6) is -0.451. The molecular weight excluding hydrogens is 92.1 g/mol. The lowest BCUT2D eigenvalue weighted by molar-refractivity contribution is -0.142. The molecule has 0 saturated carbocycles. The molecule has 0 aromatic carbocycles. The van der Waals surface area contributed by atoms with Gasteiger partial charge in [0.05, 0.1) is 6.61 Å². The molecule has 2 heteroatoms. The summed E-state index contributed by atoms with van der Waals surface area (Å²) in [6, 6.07) is 0. The van der Waals surface area contributed by atoms with Gasteiger partial charge in [0.2, 0.25) is 0 Å². The lowest BCUT2D eigenvalue weighted by Crippen LogP contribution is -2.00. The largest absolute Gasteiger partial charge is 0.466 e. The SMILES string of the molecule is [2H]C(C)C(=O)OCC. The van der Waals surface area contributed by atoms with Crippen LogP contribution in [0.15, 0.2) is 0 Å². The van der Waals surface area contributed by atoms with Crippen LogP contribution in [-0.4, -0.2) is 12.6 Å². The van der Waals surface area contributed by atoms with Crippen LogP contribution in [0.5, 0.6) is 0 Å². The summed E-state index contributed by atoms with van der Waals surface area (Å²) in [7, 11) is 0. The van der Waals surface area contributed by atoms with E-state index < -0.39 is 12.4 Å². The highest BCUT2D eigenvalue weighted by molar-refractivity contribution is 5.68. The van der Waals surface area contributed by atoms with Gasteiger partial charge in [0.1, 0.15) is 0 Å². The number of rotatable bonds is 2. The van der Waals surface area contributed by atoms with Crippen LogP contribution in [0, 0.1) is 0 Å². The fourth-order valence-electron chi connectivity index (χ4n) is 0.226. The first-order valence-electron chi connectivity index (χ1n) is 2.85. The van der Waals surface area contributed by atoms with Crippen molar-refractivity contribution in [2.24, 2.45) is 0 Å². The topological polar surface area (TPSA) is 26.3 Å². The first-order chi connectivity index (χ1) is 3.68. The molecular formula is C5H10O2. The fraction of sp³-hybridized carbons (Fsp3) is 0.800. The third kappa shape index (κ3) is 3.30. The van der Waals surface area contributed by atoms with Crippen LogP contribution in [0.3, 0.4) is 0 Å². The van der Waals surface area contributed by atoms with Crippen LogP contribution >= 0.6 is 0 Å². The Labute approximate surface area is 44.9 Å². The minimum atomic E-state index is -0.741. The van der Waals surface area contributed by atoms with Gasteiger partial charge in [-0.05, 0) is 6.92 Å². The highest BCUT2D eigenvalue weighted by atomic mass is 16.5. The summed E-state index contributed by atoms with van der Waals surface area (Å²) in [5.41, 5.74) is 0. The van der Waals surface area contributed by atoms with Crippen molar-refractivity contribution >= 4 is 5.97 Å². The molecule has 0 aromatic heterocycles. The van der Waals surface area contributed by atoms with E-state index >= 15 is 0 Å². The first-order valence-corrected chi connectivity index (χ1v) is 2.27. The number of carbonyl (C=O) groups excluding carboxylic acids is 1. The minimum absolute atomic E-state index is 0.363. The van der Waals surface area contributed by atoms with Crippen molar-refractivity contribution in [3.05, 3.63) is 0 Å². The summed E-state index contributed by atoms with van der Waals surface area (Å²) < 4.78 is 11.3. The smallest absolute Gasteiger partial charge is 0.305 e. The fourth-order valence-corrected chi connectivity index (χ4v) is 0.226. The molecule has 0 aromatic rings. The zero-order valence-electron chi connectivity index (χ0n) is 5.60. The van der Waals surface area contributed by atoms with Crippen LogP contribution in [-0.2, 0) is 9.53 Å². The molecule has 0 heterocycles. The van der Waals surface area contributed by atoms with Crippen LogP contribution in [0.25, 0.3) is 0 Å². The summed E-state index contributed by atoms with van der Waals surface area (Å²) in [6.07, 6.45) is -0.741. The van der Waals surface area contributed by atoms with E-state index in [1.165, 1.54) is 6.92 Å². The minimum Gasteiger partial charge on any atom is -0.466 e. The van der Waals surface area contributed by atoms with Gasteiger partial charge in [-0.1, -0.05) is 6.92 Å². The normalized spacial score (nSPS) is 14.9. The molecule has 0 fully saturated rings. The Hall–Kier alpha value is -0.530. The van der Waals surface area contributed by atoms with Crippen LogP contribution < -0.4 is 0 Å². The maximum Gasteiger partial charge on any atom is 0.305 e. The predicted molar refractivity (Wildman–Crippen MR) is 26.9 cm³/mol. The Morgan fingerprint density at radius 3 is 2.57 bits per heavy atom. The van der Waals surface area contributed by atoms with Crippen molar-refractivity contribution in [1.29, 1.82) is 0 Å². The highest BCUT2D eigenvalue weighted by Crippen LogP contribution is 1.80. The molecule has 42 valence electrons. The average molecular weight is 103 g/mol. The highest BCUT2D eigenvalue weighted by Gasteiger charge is 1.91. The molecule has 0 spiro atoms. The van der Waals surface area contributed by atoms with Crippen molar-refractivity contribution in [2.75, 3.05) is 6.61 Å². The number of carbonyl (C=O) groups is 1. The summed E-state index contributed by atoms with van der Waals surface area (Å²) in [5, 5.41) is 0. The quantitative estimate of drug-likeness (QED) is 0.486. The molecule has 0 amide bonds. The molecule has 0 radical (unpaired) electrons. The lowest BCUT2D eigenvalue weighted by atomic mass is 10.5. The van der Waals surface area contributed by atoms with E-state index in [-0.39, 0.29) is 0 Å². The van der Waals surface area contributed by atoms with E-state index in [2.05, 4.69) is 4.74 Å². The molecule has 0 saturated heterocycles. The number of esters is 1. The zero-order chi connectivity index (χ0) is 6.57. The maximum atomic E-state index is 10.3. The standard InChI is InChI=1S/C5H10O2/c1-3-5(6)7-4-2/h3-4H2,1-2H3/i3D. The van der Waals surface area contributed by atoms with E-state index in [4.69, 9.17) is 1.37 Å². The van der Waals surface area contributed by atoms with Crippen molar-refractivity contribution in [1.82, 2.24) is 0 Å². The molecule has 1 unspecified atom stereocenters. The Morgan fingerprint density at radius 2 is 2.43 bits per heavy atom. The van der Waals surface area contributed by atoms with Gasteiger partial charge in [0.15, 0.2) is 0 Å². The third-order valence-electron chi connectivity index (χ3n) is 0.522. The third-order valence-corrected chi connectivity index (χ3v) is 0.522. The van der Waals surface area contributed by atoms with Crippen LogP contribution in [0.4, 0.5) is 0 Å². The average Bonchev–Trinajstić information content (AvgIpc) is 1.67. The van der Waals surface area contributed by atoms with E-state index in [1.54, 1.807) is 6.92 Å². The summed E-state index contributed by atoms with van der Waals surface area (Å²) >= 11 is 0. The van der Waals surface area contributed by atoms with E-state index in [9.17, 15) is 4.79 Å². The number of hydrogen-bond acceptors (Lipinski definition) is 2. The van der Waals surface area contributed by atoms with Crippen molar-refractivity contribution < 1.29 is 10.9 Å². The van der Waals surface area contributed by atoms with Gasteiger partial charge in [-0.3, -0.25) is 4.79 Å². The molecule has 0 N–H and O–H groups in total. The van der Waals surface area contributed by atoms with Gasteiger partial charge in [0.25, 0.3) is 0 Å². The summed E-state index contributed by atoms with van der Waals surface area (Å²) in [4.78, 5) is 10.3. The Balaban J connectivity index is 3.33. The Kier molecular flexibility index (Phi) is 2.41. The molecule has 0 rings (SSSR count). The van der Waals surface area contributed by atoms with Crippen molar-refractivity contribution in [2.45, 2.75) is 20.2 Å². The monoisotopic (exact) mass is 103 g/mol. The maximum absolute atomic E-state index is 10.3. The predicted octanol–water partition coefficient (Wildman–Crippen LogP) is 0.960. The first kappa shape index (κ1) is 4.62. The van der Waals surface area contributed by atoms with Gasteiger partial charge >= 0.3 is 5.97 Å². The molecule has 7 heavy (non-hydrogen) atoms. The molecule has 0 aliphatic carbocycles.